The lowest BCUT2D eigenvalue weighted by Gasteiger charge is -2.16. The molecule has 0 aliphatic heterocycles. The Kier molecular flexibility index (Phi) is 4.55. The summed E-state index contributed by atoms with van der Waals surface area (Å²) >= 11 is 3.28. The second kappa shape index (κ2) is 6.18. The van der Waals surface area contributed by atoms with Gasteiger partial charge >= 0.3 is 5.97 Å². The Labute approximate surface area is 125 Å². The summed E-state index contributed by atoms with van der Waals surface area (Å²) in [5.41, 5.74) is 2.02. The molecule has 2 aromatic rings. The molecular formula is C16H14BrFO2. The monoisotopic (exact) mass is 336 g/mol. The van der Waals surface area contributed by atoms with E-state index in [1.165, 1.54) is 6.07 Å². The summed E-state index contributed by atoms with van der Waals surface area (Å²) in [6.45, 7) is 1.86. The van der Waals surface area contributed by atoms with E-state index >= 15 is 0 Å². The van der Waals surface area contributed by atoms with E-state index in [1.807, 2.05) is 19.1 Å². The lowest BCUT2D eigenvalue weighted by Crippen LogP contribution is -2.16. The number of aliphatic carboxylic acids is 1. The van der Waals surface area contributed by atoms with Crippen LogP contribution in [0, 0.1) is 12.7 Å². The molecule has 0 bridgehead atoms. The third-order valence-electron chi connectivity index (χ3n) is 3.29. The van der Waals surface area contributed by atoms with E-state index in [-0.39, 0.29) is 12.2 Å². The Hall–Kier alpha value is -1.68. The van der Waals surface area contributed by atoms with Crippen molar-refractivity contribution >= 4 is 21.9 Å². The number of rotatable bonds is 4. The number of halogens is 2. The highest BCUT2D eigenvalue weighted by atomic mass is 79.9. The summed E-state index contributed by atoms with van der Waals surface area (Å²) < 4.78 is 14.5. The van der Waals surface area contributed by atoms with Crippen LogP contribution in [0.3, 0.4) is 0 Å². The van der Waals surface area contributed by atoms with Crippen molar-refractivity contribution in [1.29, 1.82) is 0 Å². The van der Waals surface area contributed by atoms with E-state index in [1.54, 1.807) is 24.3 Å². The number of aryl methyl sites for hydroxylation is 1. The summed E-state index contributed by atoms with van der Waals surface area (Å²) in [4.78, 5) is 11.5. The molecule has 1 N–H and O–H groups in total. The quantitative estimate of drug-likeness (QED) is 0.903. The Bertz CT molecular complexity index is 640. The van der Waals surface area contributed by atoms with Crippen molar-refractivity contribution in [2.45, 2.75) is 19.3 Å². The molecule has 0 aliphatic rings. The third-order valence-corrected chi connectivity index (χ3v) is 3.79. The van der Waals surface area contributed by atoms with Crippen LogP contribution in [0.5, 0.6) is 0 Å². The summed E-state index contributed by atoms with van der Waals surface area (Å²) in [6.07, 6.45) is 0.130. The van der Waals surface area contributed by atoms with Gasteiger partial charge in [-0.1, -0.05) is 40.2 Å². The topological polar surface area (TPSA) is 37.3 Å². The van der Waals surface area contributed by atoms with E-state index < -0.39 is 11.9 Å². The largest absolute Gasteiger partial charge is 0.481 e. The van der Waals surface area contributed by atoms with Crippen molar-refractivity contribution in [3.8, 4) is 0 Å². The molecule has 0 aromatic heterocycles. The Morgan fingerprint density at radius 2 is 2.00 bits per heavy atom. The molecule has 0 spiro atoms. The van der Waals surface area contributed by atoms with Crippen LogP contribution in [0.2, 0.25) is 0 Å². The van der Waals surface area contributed by atoms with Crippen LogP contribution in [-0.4, -0.2) is 11.1 Å². The van der Waals surface area contributed by atoms with Crippen LogP contribution < -0.4 is 0 Å². The molecule has 1 atom stereocenters. The number of hydrogen-bond acceptors (Lipinski definition) is 1. The molecule has 0 aliphatic carbocycles. The molecule has 20 heavy (non-hydrogen) atoms. The second-order valence-corrected chi connectivity index (χ2v) is 5.60. The number of benzene rings is 2. The van der Waals surface area contributed by atoms with Crippen molar-refractivity contribution in [3.63, 3.8) is 0 Å². The number of carbonyl (C=O) groups is 1. The minimum absolute atomic E-state index is 0.130. The van der Waals surface area contributed by atoms with Crippen LogP contribution in [0.25, 0.3) is 0 Å². The smallest absolute Gasteiger partial charge is 0.311 e. The van der Waals surface area contributed by atoms with Gasteiger partial charge in [-0.2, -0.15) is 0 Å². The highest BCUT2D eigenvalue weighted by Gasteiger charge is 2.23. The van der Waals surface area contributed by atoms with Crippen molar-refractivity contribution in [2.75, 3.05) is 0 Å². The first-order chi connectivity index (χ1) is 9.49. The maximum Gasteiger partial charge on any atom is 0.311 e. The van der Waals surface area contributed by atoms with Gasteiger partial charge in [-0.25, -0.2) is 4.39 Å². The molecule has 0 amide bonds. The molecule has 0 radical (unpaired) electrons. The fourth-order valence-electron chi connectivity index (χ4n) is 2.23. The molecule has 0 heterocycles. The normalized spacial score (nSPS) is 12.2. The van der Waals surface area contributed by atoms with Gasteiger partial charge in [-0.05, 0) is 48.2 Å². The van der Waals surface area contributed by atoms with Gasteiger partial charge in [0.1, 0.15) is 5.82 Å². The highest BCUT2D eigenvalue weighted by molar-refractivity contribution is 9.10. The molecular weight excluding hydrogens is 323 g/mol. The van der Waals surface area contributed by atoms with E-state index in [4.69, 9.17) is 0 Å². The van der Waals surface area contributed by atoms with Crippen LogP contribution >= 0.6 is 15.9 Å². The lowest BCUT2D eigenvalue weighted by molar-refractivity contribution is -0.138. The SMILES string of the molecule is Cc1ccccc1C(Cc1cc(Br)ccc1F)C(=O)O. The molecule has 2 nitrogen and oxygen atoms in total. The molecule has 0 fully saturated rings. The van der Waals surface area contributed by atoms with E-state index in [0.29, 0.717) is 5.56 Å². The zero-order valence-corrected chi connectivity index (χ0v) is 12.5. The molecule has 2 aromatic carbocycles. The zero-order valence-electron chi connectivity index (χ0n) is 10.9. The van der Waals surface area contributed by atoms with Crippen molar-refractivity contribution in [2.24, 2.45) is 0 Å². The Morgan fingerprint density at radius 3 is 2.65 bits per heavy atom. The molecule has 0 saturated carbocycles. The Morgan fingerprint density at radius 1 is 1.30 bits per heavy atom. The molecule has 4 heteroatoms. The third kappa shape index (κ3) is 3.25. The highest BCUT2D eigenvalue weighted by Crippen LogP contribution is 2.26. The standard InChI is InChI=1S/C16H14BrFO2/c1-10-4-2-3-5-13(10)14(16(19)20)9-11-8-12(17)6-7-15(11)18/h2-8,14H,9H2,1H3,(H,19,20). The van der Waals surface area contributed by atoms with Crippen molar-refractivity contribution in [1.82, 2.24) is 0 Å². The number of hydrogen-bond donors (Lipinski definition) is 1. The first-order valence-electron chi connectivity index (χ1n) is 6.21. The van der Waals surface area contributed by atoms with E-state index in [0.717, 1.165) is 15.6 Å². The zero-order chi connectivity index (χ0) is 14.7. The van der Waals surface area contributed by atoms with Gasteiger partial charge in [-0.3, -0.25) is 4.79 Å². The van der Waals surface area contributed by atoms with Crippen molar-refractivity contribution < 1.29 is 14.3 Å². The number of carboxylic acids is 1. The van der Waals surface area contributed by atoms with Gasteiger partial charge in [0.15, 0.2) is 0 Å². The minimum atomic E-state index is -0.946. The van der Waals surface area contributed by atoms with E-state index in [2.05, 4.69) is 15.9 Å². The first-order valence-corrected chi connectivity index (χ1v) is 7.00. The van der Waals surface area contributed by atoms with Gasteiger partial charge in [-0.15, -0.1) is 0 Å². The van der Waals surface area contributed by atoms with Gasteiger partial charge in [0.25, 0.3) is 0 Å². The van der Waals surface area contributed by atoms with Crippen LogP contribution in [0.4, 0.5) is 4.39 Å². The fraction of sp³-hybridized carbons (Fsp3) is 0.188. The van der Waals surface area contributed by atoms with Crippen molar-refractivity contribution in [3.05, 3.63) is 69.4 Å². The predicted molar refractivity (Wildman–Crippen MR) is 79.4 cm³/mol. The molecule has 104 valence electrons. The molecule has 2 rings (SSSR count). The molecule has 0 saturated heterocycles. The number of carboxylic acid groups (broad SMARTS) is 1. The van der Waals surface area contributed by atoms with Gasteiger partial charge in [0.2, 0.25) is 0 Å². The van der Waals surface area contributed by atoms with Crippen LogP contribution in [0.1, 0.15) is 22.6 Å². The van der Waals surface area contributed by atoms with Gasteiger partial charge in [0, 0.05) is 4.47 Å². The average molecular weight is 337 g/mol. The Balaban J connectivity index is 2.38. The first kappa shape index (κ1) is 14.7. The second-order valence-electron chi connectivity index (χ2n) is 4.69. The summed E-state index contributed by atoms with van der Waals surface area (Å²) in [5, 5.41) is 9.44. The van der Waals surface area contributed by atoms with Gasteiger partial charge in [0.05, 0.1) is 5.92 Å². The summed E-state index contributed by atoms with van der Waals surface area (Å²) in [7, 11) is 0. The maximum atomic E-state index is 13.8. The average Bonchev–Trinajstić information content (AvgIpc) is 2.40. The summed E-state index contributed by atoms with van der Waals surface area (Å²) in [5.74, 6) is -2.08. The predicted octanol–water partition coefficient (Wildman–Crippen LogP) is 4.31. The van der Waals surface area contributed by atoms with E-state index in [9.17, 15) is 14.3 Å². The van der Waals surface area contributed by atoms with Gasteiger partial charge < -0.3 is 5.11 Å². The summed E-state index contributed by atoms with van der Waals surface area (Å²) in [6, 6.07) is 11.9. The lowest BCUT2D eigenvalue weighted by atomic mass is 9.89. The van der Waals surface area contributed by atoms with Crippen LogP contribution in [-0.2, 0) is 11.2 Å². The molecule has 1 unspecified atom stereocenters. The van der Waals surface area contributed by atoms with Crippen LogP contribution in [0.15, 0.2) is 46.9 Å². The fourth-order valence-corrected chi connectivity index (χ4v) is 2.64. The maximum absolute atomic E-state index is 13.8. The minimum Gasteiger partial charge on any atom is -0.481 e.